The topological polar surface area (TPSA) is 51.8 Å². The summed E-state index contributed by atoms with van der Waals surface area (Å²) in [6.07, 6.45) is 5.97. The first-order valence-electron chi connectivity index (χ1n) is 24.3. The number of hydrogen-bond acceptors (Lipinski definition) is 4. The summed E-state index contributed by atoms with van der Waals surface area (Å²) in [5.41, 5.74) is 5.12. The van der Waals surface area contributed by atoms with Crippen molar-refractivity contribution in [1.29, 1.82) is 0 Å². The van der Waals surface area contributed by atoms with Crippen LogP contribution in [-0.2, 0) is 25.5 Å². The Morgan fingerprint density at radius 3 is 2.30 bits per heavy atom. The molecule has 1 aliphatic carbocycles. The molecule has 3 aromatic carbocycles. The molecular weight excluding hydrogens is 839 g/mol. The Balaban J connectivity index is 0.000000296. The Labute approximate surface area is 353 Å². The molecule has 4 nitrogen and oxygen atoms in total. The molecule has 279 valence electrons. The van der Waals surface area contributed by atoms with E-state index in [2.05, 4.69) is 61.7 Å². The average Bonchev–Trinajstić information content (AvgIpc) is 3.62. The molecule has 0 saturated heterocycles. The molecule has 5 heteroatoms. The van der Waals surface area contributed by atoms with Gasteiger partial charge in [0, 0.05) is 61.4 Å². The molecule has 0 N–H and O–H groups in total. The zero-order valence-corrected chi connectivity index (χ0v) is 33.5. The maximum Gasteiger partial charge on any atom is 0.216 e. The van der Waals surface area contributed by atoms with Gasteiger partial charge in [-0.05, 0) is 120 Å². The number of nitrogens with zero attached hydrogens (tertiary/aromatic N) is 3. The standard InChI is InChI=1S/C33H33N2O.C16H18N.Ir/c1-20-17-24(23-13-15-33(4,5)16-14-23)10-12-25(20)29-18-30(34-19-21(29)2)28-8-6-7-26-27-11-9-22(3)35-32(27)36-31(26)28;1-12-5-7-13(8-6-12)15-10-9-14(11-17-15)16(2,3)4;/h6-7,9-12,17-19,23H,13-16H2,1-5H3;5-7,9-11H,1-4H3;/q2*-1;/i1D3,2D3,3D3,23D;1D3;. The zero-order valence-electron chi connectivity index (χ0n) is 44.1. The minimum absolute atomic E-state index is 0. The second kappa shape index (κ2) is 15.7. The predicted octanol–water partition coefficient (Wildman–Crippen LogP) is 13.3. The summed E-state index contributed by atoms with van der Waals surface area (Å²) in [5.74, 6) is -0.941. The van der Waals surface area contributed by atoms with Gasteiger partial charge in [-0.1, -0.05) is 88.8 Å². The molecule has 7 aromatic rings. The summed E-state index contributed by atoms with van der Waals surface area (Å²) in [6.45, 7) is 1.06. The molecule has 0 aliphatic heterocycles. The van der Waals surface area contributed by atoms with Crippen molar-refractivity contribution in [2.75, 3.05) is 0 Å². The van der Waals surface area contributed by atoms with Crippen molar-refractivity contribution >= 4 is 22.1 Å². The fourth-order valence-electron chi connectivity index (χ4n) is 6.72. The van der Waals surface area contributed by atoms with Gasteiger partial charge in [-0.25, -0.2) is 4.98 Å². The number of aryl methyl sites for hydroxylation is 4. The van der Waals surface area contributed by atoms with Gasteiger partial charge in [0.25, 0.3) is 0 Å². The van der Waals surface area contributed by atoms with E-state index in [1.54, 1.807) is 48.5 Å². The summed E-state index contributed by atoms with van der Waals surface area (Å²) in [4.78, 5) is 13.1. The number of rotatable bonds is 4. The van der Waals surface area contributed by atoms with Crippen LogP contribution in [0.5, 0.6) is 0 Å². The second-order valence-electron chi connectivity index (χ2n) is 15.6. The van der Waals surface area contributed by atoms with Crippen LogP contribution < -0.4 is 0 Å². The second-order valence-corrected chi connectivity index (χ2v) is 15.6. The van der Waals surface area contributed by atoms with Crippen molar-refractivity contribution < 1.29 is 42.3 Å². The van der Waals surface area contributed by atoms with Crippen molar-refractivity contribution in [1.82, 2.24) is 15.0 Å². The number of fused-ring (bicyclic) bond motifs is 3. The van der Waals surface area contributed by atoms with Gasteiger partial charge in [-0.15, -0.1) is 53.6 Å². The monoisotopic (exact) mass is 903 g/mol. The van der Waals surface area contributed by atoms with Crippen molar-refractivity contribution in [2.24, 2.45) is 5.41 Å². The Hall–Kier alpha value is -4.44. The molecule has 8 rings (SSSR count). The quantitative estimate of drug-likeness (QED) is 0.165. The number of aromatic nitrogens is 3. The third-order valence-corrected chi connectivity index (χ3v) is 10.1. The van der Waals surface area contributed by atoms with Crippen molar-refractivity contribution in [3.8, 4) is 33.6 Å². The van der Waals surface area contributed by atoms with E-state index < -0.39 is 33.3 Å². The third-order valence-electron chi connectivity index (χ3n) is 10.1. The molecule has 1 radical (unpaired) electrons. The number of furan rings is 1. The van der Waals surface area contributed by atoms with Crippen LogP contribution in [-0.4, -0.2) is 15.0 Å². The molecule has 1 saturated carbocycles. The normalized spacial score (nSPS) is 19.5. The van der Waals surface area contributed by atoms with Gasteiger partial charge >= 0.3 is 0 Å². The Morgan fingerprint density at radius 1 is 0.796 bits per heavy atom. The van der Waals surface area contributed by atoms with E-state index in [1.807, 2.05) is 18.3 Å². The smallest absolute Gasteiger partial charge is 0.216 e. The summed E-state index contributed by atoms with van der Waals surface area (Å²) < 4.78 is 110. The van der Waals surface area contributed by atoms with Gasteiger partial charge in [0.05, 0.1) is 5.58 Å². The fourth-order valence-corrected chi connectivity index (χ4v) is 6.72. The van der Waals surface area contributed by atoms with E-state index in [9.17, 15) is 1.37 Å². The zero-order chi connectivity index (χ0) is 48.4. The van der Waals surface area contributed by atoms with E-state index in [1.165, 1.54) is 30.0 Å². The molecule has 0 bridgehead atoms. The summed E-state index contributed by atoms with van der Waals surface area (Å²) >= 11 is 0. The first-order valence-corrected chi connectivity index (χ1v) is 17.8. The van der Waals surface area contributed by atoms with Crippen LogP contribution in [0.3, 0.4) is 0 Å². The molecule has 0 atom stereocenters. The summed E-state index contributed by atoms with van der Waals surface area (Å²) in [7, 11) is 0. The largest absolute Gasteiger partial charge is 0.486 e. The first-order chi connectivity index (χ1) is 30.4. The molecule has 0 spiro atoms. The van der Waals surface area contributed by atoms with Gasteiger partial charge < -0.3 is 14.4 Å². The van der Waals surface area contributed by atoms with Crippen LogP contribution >= 0.6 is 0 Å². The summed E-state index contributed by atoms with van der Waals surface area (Å²) in [5, 5.41) is 1.23. The molecule has 4 aromatic heterocycles. The predicted molar refractivity (Wildman–Crippen MR) is 220 cm³/mol. The van der Waals surface area contributed by atoms with Gasteiger partial charge in [0.2, 0.25) is 5.71 Å². The molecule has 0 amide bonds. The van der Waals surface area contributed by atoms with Gasteiger partial charge in [0.15, 0.2) is 0 Å². The number of pyridine rings is 3. The van der Waals surface area contributed by atoms with Crippen LogP contribution in [0.1, 0.15) is 118 Å². The third kappa shape index (κ3) is 8.43. The Kier molecular flexibility index (Phi) is 7.46. The van der Waals surface area contributed by atoms with Crippen LogP contribution in [0.2, 0.25) is 0 Å². The van der Waals surface area contributed by atoms with E-state index in [-0.39, 0.29) is 70.3 Å². The molecular formula is C49H51IrN3O-2. The van der Waals surface area contributed by atoms with Crippen molar-refractivity contribution in [3.05, 3.63) is 137 Å². The van der Waals surface area contributed by atoms with E-state index in [0.717, 1.165) is 24.1 Å². The SMILES string of the molecule is [2H]C([2H])([2H])c1c[c-]c(-c2ccc(C(C)(C)C)cn2)cc1.[2H]C([2H])([2H])c1ccc2c(n1)oc1c(-c3cc(-c4ccc(C5([2H])CCC(C)(C)CC5)cc4C([2H])([2H])[2H])c(C([2H])([2H])[2H])cn3)[c-]ccc12.[Ir]. The van der Waals surface area contributed by atoms with E-state index >= 15 is 0 Å². The minimum Gasteiger partial charge on any atom is -0.486 e. The van der Waals surface area contributed by atoms with E-state index in [0.29, 0.717) is 45.9 Å². The average molecular weight is 903 g/mol. The number of hydrogen-bond donors (Lipinski definition) is 0. The van der Waals surface area contributed by atoms with Crippen LogP contribution in [0.25, 0.3) is 55.7 Å². The summed E-state index contributed by atoms with van der Waals surface area (Å²) in [6, 6.07) is 27.9. The van der Waals surface area contributed by atoms with Crippen molar-refractivity contribution in [2.45, 2.75) is 99.0 Å². The molecule has 1 aliphatic rings. The van der Waals surface area contributed by atoms with Crippen LogP contribution in [0, 0.1) is 45.0 Å². The van der Waals surface area contributed by atoms with Crippen LogP contribution in [0.15, 0.2) is 95.7 Å². The minimum atomic E-state index is -2.61. The van der Waals surface area contributed by atoms with E-state index in [4.69, 9.17) is 20.9 Å². The van der Waals surface area contributed by atoms with Crippen LogP contribution in [0.4, 0.5) is 0 Å². The maximum atomic E-state index is 9.24. The van der Waals surface area contributed by atoms with Crippen molar-refractivity contribution in [3.63, 3.8) is 0 Å². The molecule has 54 heavy (non-hydrogen) atoms. The first kappa shape index (κ1) is 25.6. The number of benzene rings is 3. The maximum absolute atomic E-state index is 9.24. The fraction of sp³-hybridized carbons (Fsp3) is 0.327. The molecule has 1 fully saturated rings. The van der Waals surface area contributed by atoms with Gasteiger partial charge in [-0.3, -0.25) is 0 Å². The molecule has 0 unspecified atom stereocenters. The Morgan fingerprint density at radius 2 is 1.61 bits per heavy atom. The Bertz CT molecular complexity index is 2830. The van der Waals surface area contributed by atoms with Gasteiger partial charge in [-0.2, -0.15) is 0 Å². The molecule has 4 heterocycles. The van der Waals surface area contributed by atoms with Gasteiger partial charge in [0.1, 0.15) is 0 Å².